The Balaban J connectivity index is 1.79. The van der Waals surface area contributed by atoms with E-state index in [1.807, 2.05) is 4.90 Å². The Labute approximate surface area is 128 Å². The summed E-state index contributed by atoms with van der Waals surface area (Å²) in [5, 5.41) is 4.26. The van der Waals surface area contributed by atoms with Gasteiger partial charge in [0.2, 0.25) is 0 Å². The Kier molecular flexibility index (Phi) is 4.24. The van der Waals surface area contributed by atoms with Gasteiger partial charge in [-0.25, -0.2) is 0 Å². The third-order valence-electron chi connectivity index (χ3n) is 4.33. The van der Waals surface area contributed by atoms with E-state index in [1.54, 1.807) is 6.07 Å². The third-order valence-corrected chi connectivity index (χ3v) is 5.02. The zero-order valence-electron chi connectivity index (χ0n) is 11.3. The highest BCUT2D eigenvalue weighted by Crippen LogP contribution is 2.28. The van der Waals surface area contributed by atoms with Gasteiger partial charge in [-0.15, -0.1) is 0 Å². The molecule has 110 valence electrons. The van der Waals surface area contributed by atoms with Gasteiger partial charge in [0, 0.05) is 18.6 Å². The largest absolute Gasteiger partial charge is 0.340 e. The van der Waals surface area contributed by atoms with Gasteiger partial charge in [-0.2, -0.15) is 0 Å². The predicted octanol–water partition coefficient (Wildman–Crippen LogP) is 3.07. The molecule has 1 amide bonds. The van der Waals surface area contributed by atoms with E-state index in [1.165, 1.54) is 12.8 Å². The lowest BCUT2D eigenvalue weighted by Crippen LogP contribution is -2.52. The Bertz CT molecular complexity index is 477. The number of carbonyl (C=O) groups is 1. The van der Waals surface area contributed by atoms with Crippen LogP contribution in [-0.2, 0) is 0 Å². The standard InChI is InChI=1S/C14H19Cl2N3O/c15-9-8-11(18-13(9)16)14(20)19-7-2-1-5-12(19)10-4-3-6-17-10/h8,10,12,17-18H,1-7H2. The number of H-pyrrole nitrogens is 1. The molecule has 2 aliphatic rings. The number of nitrogens with one attached hydrogen (secondary N) is 2. The predicted molar refractivity (Wildman–Crippen MR) is 80.5 cm³/mol. The molecular formula is C14H19Cl2N3O. The van der Waals surface area contributed by atoms with Crippen LogP contribution in [0.3, 0.4) is 0 Å². The maximum Gasteiger partial charge on any atom is 0.270 e. The van der Waals surface area contributed by atoms with Crippen LogP contribution < -0.4 is 5.32 Å². The van der Waals surface area contributed by atoms with E-state index in [-0.39, 0.29) is 5.91 Å². The summed E-state index contributed by atoms with van der Waals surface area (Å²) in [4.78, 5) is 17.5. The maximum atomic E-state index is 12.7. The molecule has 3 heterocycles. The molecule has 0 aromatic carbocycles. The summed E-state index contributed by atoms with van der Waals surface area (Å²) in [7, 11) is 0. The van der Waals surface area contributed by atoms with E-state index >= 15 is 0 Å². The van der Waals surface area contributed by atoms with Crippen molar-refractivity contribution in [2.24, 2.45) is 0 Å². The SMILES string of the molecule is O=C(c1cc(Cl)c(Cl)[nH]1)N1CCCCC1C1CCCN1. The van der Waals surface area contributed by atoms with Crippen LogP contribution in [0.2, 0.25) is 10.2 Å². The van der Waals surface area contributed by atoms with Crippen molar-refractivity contribution in [1.29, 1.82) is 0 Å². The maximum absolute atomic E-state index is 12.7. The van der Waals surface area contributed by atoms with Gasteiger partial charge in [-0.3, -0.25) is 4.79 Å². The molecule has 2 unspecified atom stereocenters. The van der Waals surface area contributed by atoms with E-state index in [4.69, 9.17) is 23.2 Å². The molecular weight excluding hydrogens is 297 g/mol. The van der Waals surface area contributed by atoms with Crippen LogP contribution in [0.4, 0.5) is 0 Å². The smallest absolute Gasteiger partial charge is 0.270 e. The van der Waals surface area contributed by atoms with Crippen LogP contribution in [0.1, 0.15) is 42.6 Å². The van der Waals surface area contributed by atoms with Crippen LogP contribution in [-0.4, -0.2) is 41.0 Å². The van der Waals surface area contributed by atoms with Crippen molar-refractivity contribution in [1.82, 2.24) is 15.2 Å². The quantitative estimate of drug-likeness (QED) is 0.881. The average Bonchev–Trinajstić information content (AvgIpc) is 3.09. The fraction of sp³-hybridized carbons (Fsp3) is 0.643. The second kappa shape index (κ2) is 5.96. The van der Waals surface area contributed by atoms with Gasteiger partial charge in [0.05, 0.1) is 5.02 Å². The lowest BCUT2D eigenvalue weighted by molar-refractivity contribution is 0.0558. The van der Waals surface area contributed by atoms with Crippen LogP contribution in [0.5, 0.6) is 0 Å². The highest BCUT2D eigenvalue weighted by molar-refractivity contribution is 6.41. The topological polar surface area (TPSA) is 48.1 Å². The van der Waals surface area contributed by atoms with Crippen LogP contribution in [0, 0.1) is 0 Å². The van der Waals surface area contributed by atoms with Crippen molar-refractivity contribution in [2.75, 3.05) is 13.1 Å². The molecule has 4 nitrogen and oxygen atoms in total. The Morgan fingerprint density at radius 3 is 2.75 bits per heavy atom. The van der Waals surface area contributed by atoms with Gasteiger partial charge in [0.1, 0.15) is 10.8 Å². The summed E-state index contributed by atoms with van der Waals surface area (Å²) in [6, 6.07) is 2.35. The summed E-state index contributed by atoms with van der Waals surface area (Å²) in [6.07, 6.45) is 5.69. The minimum absolute atomic E-state index is 0.0113. The number of aromatic amines is 1. The third kappa shape index (κ3) is 2.69. The van der Waals surface area contributed by atoms with E-state index in [0.717, 1.165) is 32.4 Å². The molecule has 0 saturated carbocycles. The van der Waals surface area contributed by atoms with Crippen LogP contribution >= 0.6 is 23.2 Å². The summed E-state index contributed by atoms with van der Waals surface area (Å²) in [6.45, 7) is 1.87. The molecule has 2 atom stereocenters. The molecule has 0 bridgehead atoms. The van der Waals surface area contributed by atoms with Crippen molar-refractivity contribution in [3.05, 3.63) is 21.9 Å². The summed E-state index contributed by atoms with van der Waals surface area (Å²) in [5.41, 5.74) is 0.491. The van der Waals surface area contributed by atoms with Gasteiger partial charge < -0.3 is 15.2 Å². The van der Waals surface area contributed by atoms with E-state index in [0.29, 0.717) is 28.0 Å². The number of halogens is 2. The van der Waals surface area contributed by atoms with Crippen molar-refractivity contribution in [2.45, 2.75) is 44.2 Å². The highest BCUT2D eigenvalue weighted by atomic mass is 35.5. The molecule has 2 N–H and O–H groups in total. The molecule has 0 aliphatic carbocycles. The second-order valence-corrected chi connectivity index (χ2v) is 6.39. The van der Waals surface area contributed by atoms with Gasteiger partial charge >= 0.3 is 0 Å². The molecule has 0 spiro atoms. The molecule has 20 heavy (non-hydrogen) atoms. The fourth-order valence-corrected chi connectivity index (χ4v) is 3.65. The molecule has 0 radical (unpaired) electrons. The molecule has 2 aliphatic heterocycles. The minimum atomic E-state index is 0.0113. The summed E-state index contributed by atoms with van der Waals surface area (Å²) in [5.74, 6) is 0.0113. The molecule has 1 aromatic heterocycles. The number of rotatable bonds is 2. The molecule has 1 aromatic rings. The van der Waals surface area contributed by atoms with Gasteiger partial charge in [0.15, 0.2) is 0 Å². The van der Waals surface area contributed by atoms with E-state index in [2.05, 4.69) is 10.3 Å². The number of hydrogen-bond acceptors (Lipinski definition) is 2. The Morgan fingerprint density at radius 2 is 2.10 bits per heavy atom. The monoisotopic (exact) mass is 315 g/mol. The normalized spacial score (nSPS) is 27.0. The fourth-order valence-electron chi connectivity index (χ4n) is 3.34. The Morgan fingerprint density at radius 1 is 1.25 bits per heavy atom. The number of hydrogen-bond donors (Lipinski definition) is 2. The minimum Gasteiger partial charge on any atom is -0.340 e. The molecule has 2 saturated heterocycles. The van der Waals surface area contributed by atoms with Crippen LogP contribution in [0.15, 0.2) is 6.07 Å². The zero-order chi connectivity index (χ0) is 14.1. The first kappa shape index (κ1) is 14.2. The first-order chi connectivity index (χ1) is 9.66. The first-order valence-corrected chi connectivity index (χ1v) is 8.01. The number of aromatic nitrogens is 1. The lowest BCUT2D eigenvalue weighted by Gasteiger charge is -2.39. The van der Waals surface area contributed by atoms with Crippen LogP contribution in [0.25, 0.3) is 0 Å². The second-order valence-electron chi connectivity index (χ2n) is 5.61. The van der Waals surface area contributed by atoms with E-state index in [9.17, 15) is 4.79 Å². The number of amides is 1. The van der Waals surface area contributed by atoms with Crippen molar-refractivity contribution < 1.29 is 4.79 Å². The zero-order valence-corrected chi connectivity index (χ0v) is 12.8. The number of nitrogens with zero attached hydrogens (tertiary/aromatic N) is 1. The number of likely N-dealkylation sites (tertiary alicyclic amines) is 1. The summed E-state index contributed by atoms with van der Waals surface area (Å²) < 4.78 is 0. The summed E-state index contributed by atoms with van der Waals surface area (Å²) >= 11 is 11.8. The number of carbonyl (C=O) groups excluding carboxylic acids is 1. The van der Waals surface area contributed by atoms with Crippen molar-refractivity contribution >= 4 is 29.1 Å². The lowest BCUT2D eigenvalue weighted by atomic mass is 9.94. The van der Waals surface area contributed by atoms with Gasteiger partial charge in [0.25, 0.3) is 5.91 Å². The Hall–Kier alpha value is -0.710. The molecule has 3 rings (SSSR count). The van der Waals surface area contributed by atoms with Gasteiger partial charge in [-0.05, 0) is 44.7 Å². The highest BCUT2D eigenvalue weighted by Gasteiger charge is 2.35. The van der Waals surface area contributed by atoms with Gasteiger partial charge in [-0.1, -0.05) is 23.2 Å². The molecule has 2 fully saturated rings. The van der Waals surface area contributed by atoms with Crippen molar-refractivity contribution in [3.8, 4) is 0 Å². The number of piperidine rings is 1. The first-order valence-electron chi connectivity index (χ1n) is 7.25. The van der Waals surface area contributed by atoms with E-state index < -0.39 is 0 Å². The molecule has 6 heteroatoms. The van der Waals surface area contributed by atoms with Crippen molar-refractivity contribution in [3.63, 3.8) is 0 Å². The average molecular weight is 316 g/mol.